The van der Waals surface area contributed by atoms with E-state index in [1.807, 2.05) is 27.7 Å². The molecule has 7 heteroatoms. The molecule has 1 N–H and O–H groups in total. The number of unbranched alkanes of at least 4 members (excludes halogenated alkanes) is 1. The summed E-state index contributed by atoms with van der Waals surface area (Å²) in [5, 5.41) is 11.5. The number of esters is 1. The second kappa shape index (κ2) is 8.65. The Labute approximate surface area is 200 Å². The normalized spacial score (nSPS) is 43.3. The van der Waals surface area contributed by atoms with Crippen LogP contribution in [-0.2, 0) is 19.1 Å². The van der Waals surface area contributed by atoms with Crippen molar-refractivity contribution in [3.63, 3.8) is 0 Å². The molecule has 0 aromatic carbocycles. The lowest BCUT2D eigenvalue weighted by atomic mass is 9.46. The fraction of sp³-hybridized carbons (Fsp3) is 0.741. The maximum absolute atomic E-state index is 14.8. The number of Topliss-reactive ketones (excluding diaryl/α,β-unsaturated/α-hetero) is 1. The smallest absolute Gasteiger partial charge is 0.306 e. The Morgan fingerprint density at radius 2 is 2.00 bits per heavy atom. The highest BCUT2D eigenvalue weighted by molar-refractivity contribution is 6.04. The molecule has 3 saturated carbocycles. The van der Waals surface area contributed by atoms with Crippen LogP contribution >= 0.6 is 0 Å². The van der Waals surface area contributed by atoms with Gasteiger partial charge in [-0.2, -0.15) is 0 Å². The summed E-state index contributed by atoms with van der Waals surface area (Å²) in [7, 11) is 0. The quantitative estimate of drug-likeness (QED) is 0.554. The van der Waals surface area contributed by atoms with Gasteiger partial charge in [-0.15, -0.1) is 0 Å². The van der Waals surface area contributed by atoms with E-state index in [2.05, 4.69) is 0 Å². The third kappa shape index (κ3) is 3.29. The first kappa shape index (κ1) is 25.2. The molecule has 0 aromatic heterocycles. The Hall–Kier alpha value is -1.89. The summed E-state index contributed by atoms with van der Waals surface area (Å²) in [6.07, 6.45) is 5.24. The summed E-state index contributed by atoms with van der Waals surface area (Å²) < 4.78 is 34.8. The van der Waals surface area contributed by atoms with E-state index in [-0.39, 0.29) is 30.6 Å². The zero-order chi connectivity index (χ0) is 25.1. The molecule has 0 aliphatic heterocycles. The minimum atomic E-state index is -1.64. The topological polar surface area (TPSA) is 80.7 Å². The van der Waals surface area contributed by atoms with Gasteiger partial charge in [0.05, 0.1) is 6.10 Å². The summed E-state index contributed by atoms with van der Waals surface area (Å²) in [5.41, 5.74) is -2.95. The Balaban J connectivity index is 1.77. The minimum absolute atomic E-state index is 0.0840. The van der Waals surface area contributed by atoms with Gasteiger partial charge in [-0.05, 0) is 55.6 Å². The number of alkyl halides is 1. The highest BCUT2D eigenvalue weighted by atomic mass is 19.1. The van der Waals surface area contributed by atoms with E-state index in [4.69, 9.17) is 4.74 Å². The van der Waals surface area contributed by atoms with E-state index in [0.717, 1.165) is 6.42 Å². The zero-order valence-corrected chi connectivity index (χ0v) is 20.5. The van der Waals surface area contributed by atoms with Crippen molar-refractivity contribution in [1.29, 1.82) is 0 Å². The second-order valence-electron chi connectivity index (χ2n) is 11.3. The van der Waals surface area contributed by atoms with Crippen molar-refractivity contribution >= 4 is 17.5 Å². The van der Waals surface area contributed by atoms with Crippen molar-refractivity contribution in [1.82, 2.24) is 0 Å². The summed E-state index contributed by atoms with van der Waals surface area (Å²) in [4.78, 5) is 38.0. The Kier molecular flexibility index (Phi) is 6.41. The molecule has 0 heterocycles. The van der Waals surface area contributed by atoms with Crippen molar-refractivity contribution in [2.45, 2.75) is 84.3 Å². The van der Waals surface area contributed by atoms with Crippen LogP contribution in [0, 0.1) is 34.5 Å². The van der Waals surface area contributed by atoms with Gasteiger partial charge in [-0.25, -0.2) is 8.78 Å². The summed E-state index contributed by atoms with van der Waals surface area (Å²) >= 11 is 0. The van der Waals surface area contributed by atoms with Crippen LogP contribution in [0.15, 0.2) is 23.6 Å². The predicted octanol–water partition coefficient (Wildman–Crippen LogP) is 4.82. The molecule has 188 valence electrons. The van der Waals surface area contributed by atoms with Crippen LogP contribution in [0.5, 0.6) is 0 Å². The van der Waals surface area contributed by atoms with Crippen molar-refractivity contribution in [3.8, 4) is 0 Å². The fourth-order valence-corrected chi connectivity index (χ4v) is 8.25. The Morgan fingerprint density at radius 1 is 1.29 bits per heavy atom. The number of ketones is 2. The number of fused-ring (bicyclic) bond motifs is 5. The first-order valence-corrected chi connectivity index (χ1v) is 12.6. The number of ether oxygens (including phenoxy) is 1. The molecule has 3 fully saturated rings. The number of hydrogen-bond acceptors (Lipinski definition) is 5. The van der Waals surface area contributed by atoms with Gasteiger partial charge in [0.25, 0.3) is 0 Å². The van der Waals surface area contributed by atoms with E-state index < -0.39 is 58.5 Å². The number of rotatable bonds is 6. The third-order valence-corrected chi connectivity index (χ3v) is 9.67. The highest BCUT2D eigenvalue weighted by Crippen LogP contribution is 2.69. The number of aliphatic hydroxyl groups is 1. The van der Waals surface area contributed by atoms with Crippen LogP contribution in [0.4, 0.5) is 8.78 Å². The molecular weight excluding hydrogens is 442 g/mol. The van der Waals surface area contributed by atoms with E-state index >= 15 is 0 Å². The van der Waals surface area contributed by atoms with Gasteiger partial charge in [-0.1, -0.05) is 40.2 Å². The Bertz CT molecular complexity index is 957. The molecule has 4 aliphatic carbocycles. The van der Waals surface area contributed by atoms with Gasteiger partial charge in [0.2, 0.25) is 11.6 Å². The van der Waals surface area contributed by atoms with Crippen LogP contribution in [0.3, 0.4) is 0 Å². The Morgan fingerprint density at radius 3 is 2.65 bits per heavy atom. The molecule has 34 heavy (non-hydrogen) atoms. The van der Waals surface area contributed by atoms with E-state index in [1.165, 1.54) is 6.08 Å². The first-order valence-electron chi connectivity index (χ1n) is 12.6. The van der Waals surface area contributed by atoms with Crippen LogP contribution in [-0.4, -0.2) is 41.0 Å². The third-order valence-electron chi connectivity index (χ3n) is 9.67. The van der Waals surface area contributed by atoms with Crippen LogP contribution in [0.2, 0.25) is 0 Å². The monoisotopic (exact) mass is 478 g/mol. The lowest BCUT2D eigenvalue weighted by Crippen LogP contribution is -2.64. The maximum atomic E-state index is 14.8. The fourth-order valence-electron chi connectivity index (χ4n) is 8.25. The minimum Gasteiger partial charge on any atom is -0.450 e. The first-order chi connectivity index (χ1) is 16.0. The molecule has 0 amide bonds. The molecule has 8 atom stereocenters. The largest absolute Gasteiger partial charge is 0.450 e. The molecule has 4 rings (SSSR count). The number of aliphatic hydroxyl groups excluding tert-OH is 1. The molecule has 4 aliphatic rings. The van der Waals surface area contributed by atoms with E-state index in [0.29, 0.717) is 31.3 Å². The van der Waals surface area contributed by atoms with Gasteiger partial charge in [0.1, 0.15) is 0 Å². The molecule has 0 aromatic rings. The van der Waals surface area contributed by atoms with Gasteiger partial charge >= 0.3 is 5.97 Å². The lowest BCUT2D eigenvalue weighted by molar-refractivity contribution is -0.204. The molecule has 0 saturated heterocycles. The van der Waals surface area contributed by atoms with Gasteiger partial charge in [0.15, 0.2) is 18.1 Å². The maximum Gasteiger partial charge on any atom is 0.306 e. The van der Waals surface area contributed by atoms with Gasteiger partial charge < -0.3 is 9.84 Å². The van der Waals surface area contributed by atoms with Crippen molar-refractivity contribution in [2.75, 3.05) is 6.67 Å². The average molecular weight is 479 g/mol. The molecule has 5 nitrogen and oxygen atoms in total. The zero-order valence-electron chi connectivity index (χ0n) is 20.5. The van der Waals surface area contributed by atoms with Crippen LogP contribution in [0.25, 0.3) is 0 Å². The molecule has 0 bridgehead atoms. The van der Waals surface area contributed by atoms with Crippen LogP contribution < -0.4 is 0 Å². The van der Waals surface area contributed by atoms with E-state index in [1.54, 1.807) is 6.08 Å². The SMILES string of the molecule is CCCCC(=O)O[C@]1(C(=O)CF)C(C)C[C@H]2[C@@H]3CCC4=C(F)C(=O)C=C[C@]4(C)[C@H]3C(O)C[C@@]21C. The van der Waals surface area contributed by atoms with Crippen molar-refractivity contribution < 1.29 is 33.0 Å². The summed E-state index contributed by atoms with van der Waals surface area (Å²) in [6.45, 7) is 6.27. The lowest BCUT2D eigenvalue weighted by Gasteiger charge is -2.59. The van der Waals surface area contributed by atoms with Crippen molar-refractivity contribution in [3.05, 3.63) is 23.6 Å². The van der Waals surface area contributed by atoms with Crippen molar-refractivity contribution in [2.24, 2.45) is 34.5 Å². The van der Waals surface area contributed by atoms with Crippen LogP contribution in [0.1, 0.15) is 72.6 Å². The van der Waals surface area contributed by atoms with Gasteiger partial charge in [-0.3, -0.25) is 14.4 Å². The number of carbonyl (C=O) groups is 3. The predicted molar refractivity (Wildman–Crippen MR) is 122 cm³/mol. The molecule has 0 spiro atoms. The molecule has 0 radical (unpaired) electrons. The molecular formula is C27H36F2O5. The number of halogens is 2. The average Bonchev–Trinajstić information content (AvgIpc) is 3.01. The second-order valence-corrected chi connectivity index (χ2v) is 11.3. The number of carbonyl (C=O) groups excluding carboxylic acids is 3. The van der Waals surface area contributed by atoms with Gasteiger partial charge in [0, 0.05) is 29.1 Å². The molecule has 2 unspecified atom stereocenters. The van der Waals surface area contributed by atoms with E-state index in [9.17, 15) is 28.3 Å². The summed E-state index contributed by atoms with van der Waals surface area (Å²) in [5.74, 6) is -3.56. The highest BCUT2D eigenvalue weighted by Gasteiger charge is 2.73. The number of hydrogen-bond donors (Lipinski definition) is 1. The number of allylic oxidation sites excluding steroid dienone is 4. The standard InChI is InChI=1S/C27H36F2O5/c1-5-6-7-22(33)34-27(21(32)14-28)15(2)12-18-16-8-9-17-24(29)19(30)10-11-25(17,3)23(16)20(31)13-26(18,27)4/h10-11,15-16,18,20,23,31H,5-9,12-14H2,1-4H3/t15?,16-,18-,20?,23+,25-,26-,27-/m0/s1. The summed E-state index contributed by atoms with van der Waals surface area (Å²) in [6, 6.07) is 0.